The van der Waals surface area contributed by atoms with Crippen LogP contribution in [0, 0.1) is 0 Å². The van der Waals surface area contributed by atoms with Crippen molar-refractivity contribution < 1.29 is 49.3 Å². The first-order valence-corrected chi connectivity index (χ1v) is 7.83. The Kier molecular flexibility index (Phi) is 6.89. The van der Waals surface area contributed by atoms with E-state index < -0.39 is 61.8 Å². The number of rotatable bonds is 6. The van der Waals surface area contributed by atoms with Crippen molar-refractivity contribution in [2.75, 3.05) is 13.2 Å². The summed E-state index contributed by atoms with van der Waals surface area (Å²) in [6.07, 6.45) is -9.55. The standard InChI is InChI=1S/C14H24O10/c1-2-21-9-4-7(17)12(13(23-9)14(19)20)24-10-3-6(16)11(18)8(5-15)22-10/h6-13,15-18H,2-5H2,1H3,(H,19,20)/t6?,7?,8?,9?,10-,11+,12+,13+/m1/s1. The van der Waals surface area contributed by atoms with Gasteiger partial charge in [-0.1, -0.05) is 0 Å². The topological polar surface area (TPSA) is 155 Å². The summed E-state index contributed by atoms with van der Waals surface area (Å²) < 4.78 is 21.3. The van der Waals surface area contributed by atoms with Gasteiger partial charge in [0.25, 0.3) is 0 Å². The molecule has 2 heterocycles. The molecular formula is C14H24O10. The number of aliphatic hydroxyl groups is 4. The van der Waals surface area contributed by atoms with Crippen LogP contribution in [0.25, 0.3) is 0 Å². The van der Waals surface area contributed by atoms with E-state index in [1.54, 1.807) is 6.92 Å². The third kappa shape index (κ3) is 4.41. The van der Waals surface area contributed by atoms with Gasteiger partial charge in [0.05, 0.1) is 18.8 Å². The van der Waals surface area contributed by atoms with Crippen molar-refractivity contribution in [2.24, 2.45) is 0 Å². The number of carbonyl (C=O) groups is 1. The lowest BCUT2D eigenvalue weighted by Gasteiger charge is -2.42. The molecule has 2 rings (SSSR count). The van der Waals surface area contributed by atoms with Crippen molar-refractivity contribution in [2.45, 2.75) is 69.0 Å². The largest absolute Gasteiger partial charge is 0.479 e. The van der Waals surface area contributed by atoms with Gasteiger partial charge < -0.3 is 44.5 Å². The van der Waals surface area contributed by atoms with Gasteiger partial charge in [-0.15, -0.1) is 0 Å². The maximum Gasteiger partial charge on any atom is 0.335 e. The van der Waals surface area contributed by atoms with Crippen LogP contribution in [0.1, 0.15) is 19.8 Å². The third-order valence-corrected chi connectivity index (χ3v) is 4.03. The van der Waals surface area contributed by atoms with Gasteiger partial charge >= 0.3 is 5.97 Å². The molecule has 0 amide bonds. The molecule has 0 radical (unpaired) electrons. The van der Waals surface area contributed by atoms with Gasteiger partial charge in [0.1, 0.15) is 18.3 Å². The molecule has 24 heavy (non-hydrogen) atoms. The zero-order valence-corrected chi connectivity index (χ0v) is 13.2. The van der Waals surface area contributed by atoms with E-state index in [1.807, 2.05) is 0 Å². The van der Waals surface area contributed by atoms with E-state index in [0.29, 0.717) is 6.61 Å². The highest BCUT2D eigenvalue weighted by Gasteiger charge is 2.46. The summed E-state index contributed by atoms with van der Waals surface area (Å²) in [5, 5.41) is 48.1. The number of carboxylic acid groups (broad SMARTS) is 1. The van der Waals surface area contributed by atoms with Gasteiger partial charge in [0.15, 0.2) is 18.7 Å². The Morgan fingerprint density at radius 1 is 1.12 bits per heavy atom. The molecule has 0 spiro atoms. The Morgan fingerprint density at radius 3 is 2.38 bits per heavy atom. The van der Waals surface area contributed by atoms with Crippen molar-refractivity contribution in [1.82, 2.24) is 0 Å². The molecule has 0 aromatic carbocycles. The summed E-state index contributed by atoms with van der Waals surface area (Å²) in [5.74, 6) is -1.33. The van der Waals surface area contributed by atoms with Crippen molar-refractivity contribution in [3.8, 4) is 0 Å². The van der Waals surface area contributed by atoms with Gasteiger partial charge in [-0.25, -0.2) is 4.79 Å². The molecule has 2 saturated heterocycles. The molecule has 2 aliphatic rings. The normalized spacial score (nSPS) is 43.5. The van der Waals surface area contributed by atoms with Crippen LogP contribution < -0.4 is 0 Å². The number of ether oxygens (including phenoxy) is 4. The first-order valence-electron chi connectivity index (χ1n) is 7.83. The zero-order valence-electron chi connectivity index (χ0n) is 13.2. The molecule has 0 aromatic rings. The number of hydrogen-bond acceptors (Lipinski definition) is 9. The molecule has 10 heteroatoms. The quantitative estimate of drug-likeness (QED) is 0.355. The Balaban J connectivity index is 2.04. The molecule has 0 aromatic heterocycles. The Labute approximate surface area is 138 Å². The van der Waals surface area contributed by atoms with Crippen LogP contribution in [0.15, 0.2) is 0 Å². The maximum atomic E-state index is 11.4. The minimum absolute atomic E-state index is 0.0175. The lowest BCUT2D eigenvalue weighted by atomic mass is 9.99. The first kappa shape index (κ1) is 19.5. The van der Waals surface area contributed by atoms with E-state index in [1.165, 1.54) is 0 Å². The average Bonchev–Trinajstić information content (AvgIpc) is 2.52. The highest BCUT2D eigenvalue weighted by molar-refractivity contribution is 5.73. The lowest BCUT2D eigenvalue weighted by Crippen LogP contribution is -2.57. The molecule has 5 N–H and O–H groups in total. The van der Waals surface area contributed by atoms with Crippen LogP contribution in [0.2, 0.25) is 0 Å². The van der Waals surface area contributed by atoms with Crippen LogP contribution in [-0.2, 0) is 23.7 Å². The van der Waals surface area contributed by atoms with Gasteiger partial charge in [0.2, 0.25) is 0 Å². The fraction of sp³-hybridized carbons (Fsp3) is 0.929. The van der Waals surface area contributed by atoms with E-state index in [-0.39, 0.29) is 12.8 Å². The second-order valence-corrected chi connectivity index (χ2v) is 5.76. The summed E-state index contributed by atoms with van der Waals surface area (Å²) in [6, 6.07) is 0. The Bertz CT molecular complexity index is 418. The van der Waals surface area contributed by atoms with Crippen LogP contribution in [0.5, 0.6) is 0 Å². The first-order chi connectivity index (χ1) is 11.4. The van der Waals surface area contributed by atoms with Crippen molar-refractivity contribution in [3.05, 3.63) is 0 Å². The predicted molar refractivity (Wildman–Crippen MR) is 75.8 cm³/mol. The molecule has 0 aliphatic carbocycles. The van der Waals surface area contributed by atoms with Crippen molar-refractivity contribution in [1.29, 1.82) is 0 Å². The number of hydrogen-bond donors (Lipinski definition) is 5. The monoisotopic (exact) mass is 352 g/mol. The molecule has 2 fully saturated rings. The van der Waals surface area contributed by atoms with Gasteiger partial charge in [-0.2, -0.15) is 0 Å². The summed E-state index contributed by atoms with van der Waals surface area (Å²) in [5.41, 5.74) is 0. The third-order valence-electron chi connectivity index (χ3n) is 4.03. The fourth-order valence-electron chi connectivity index (χ4n) is 2.81. The highest BCUT2D eigenvalue weighted by Crippen LogP contribution is 2.29. The summed E-state index contributed by atoms with van der Waals surface area (Å²) in [6.45, 7) is 1.46. The predicted octanol–water partition coefficient (Wildman–Crippen LogP) is -2.20. The van der Waals surface area contributed by atoms with Crippen LogP contribution >= 0.6 is 0 Å². The molecule has 0 bridgehead atoms. The molecule has 2 aliphatic heterocycles. The maximum absolute atomic E-state index is 11.4. The summed E-state index contributed by atoms with van der Waals surface area (Å²) in [4.78, 5) is 11.4. The summed E-state index contributed by atoms with van der Waals surface area (Å²) in [7, 11) is 0. The fourth-order valence-corrected chi connectivity index (χ4v) is 2.81. The second-order valence-electron chi connectivity index (χ2n) is 5.76. The number of carboxylic acids is 1. The Morgan fingerprint density at radius 2 is 1.79 bits per heavy atom. The SMILES string of the molecule is CCOC1CC(O)[C@H](O[C@@H]2CC(O)[C@H](O)C(CO)O2)[C@@H](C(=O)O)O1. The van der Waals surface area contributed by atoms with Crippen LogP contribution in [0.3, 0.4) is 0 Å². The van der Waals surface area contributed by atoms with E-state index in [4.69, 9.17) is 24.1 Å². The van der Waals surface area contributed by atoms with Crippen LogP contribution in [0.4, 0.5) is 0 Å². The van der Waals surface area contributed by atoms with Gasteiger partial charge in [-0.05, 0) is 6.92 Å². The van der Waals surface area contributed by atoms with E-state index in [0.717, 1.165) is 0 Å². The van der Waals surface area contributed by atoms with Gasteiger partial charge in [-0.3, -0.25) is 0 Å². The molecule has 10 nitrogen and oxygen atoms in total. The highest BCUT2D eigenvalue weighted by atomic mass is 16.7. The van der Waals surface area contributed by atoms with Crippen molar-refractivity contribution in [3.63, 3.8) is 0 Å². The molecule has 0 saturated carbocycles. The summed E-state index contributed by atoms with van der Waals surface area (Å²) >= 11 is 0. The average molecular weight is 352 g/mol. The van der Waals surface area contributed by atoms with E-state index in [9.17, 15) is 25.2 Å². The molecule has 4 unspecified atom stereocenters. The minimum Gasteiger partial charge on any atom is -0.479 e. The second kappa shape index (κ2) is 8.50. The van der Waals surface area contributed by atoms with E-state index in [2.05, 4.69) is 0 Å². The Hall–Kier alpha value is -0.850. The smallest absolute Gasteiger partial charge is 0.335 e. The van der Waals surface area contributed by atoms with Gasteiger partial charge in [0, 0.05) is 19.4 Å². The molecule has 140 valence electrons. The zero-order chi connectivity index (χ0) is 17.9. The molecule has 8 atom stereocenters. The number of aliphatic carboxylic acids is 1. The van der Waals surface area contributed by atoms with Crippen molar-refractivity contribution >= 4 is 5.97 Å². The van der Waals surface area contributed by atoms with E-state index >= 15 is 0 Å². The van der Waals surface area contributed by atoms with Crippen LogP contribution in [-0.4, -0.2) is 93.9 Å². The minimum atomic E-state index is -1.48. The molecular weight excluding hydrogens is 328 g/mol. The number of aliphatic hydroxyl groups excluding tert-OH is 4. The lowest BCUT2D eigenvalue weighted by molar-refractivity contribution is -0.315.